The average Bonchev–Trinajstić information content (AvgIpc) is 2.82. The van der Waals surface area contributed by atoms with Crippen molar-refractivity contribution in [2.45, 2.75) is 11.8 Å². The van der Waals surface area contributed by atoms with E-state index in [0.29, 0.717) is 30.8 Å². The molecule has 3 N–H and O–H groups in total. The number of likely N-dealkylation sites (N-methyl/N-ethyl adjacent to an activating group) is 1. The molecule has 0 aliphatic heterocycles. The van der Waals surface area contributed by atoms with Crippen LogP contribution in [0.25, 0.3) is 10.9 Å². The standard InChI is InChI=1S/C13H19N3O3S/c1-3-16(6-7-19-2)20(17,18)13-9-15-12-5-4-10(14)8-11(12)13/h4-5,8-9,15H,3,6-7,14H2,1-2H3. The molecular formula is C13H19N3O3S. The number of hydrogen-bond donors (Lipinski definition) is 2. The van der Waals surface area contributed by atoms with Crippen molar-refractivity contribution in [3.05, 3.63) is 24.4 Å². The van der Waals surface area contributed by atoms with Crippen molar-refractivity contribution in [1.29, 1.82) is 0 Å². The van der Waals surface area contributed by atoms with Crippen LogP contribution in [-0.4, -0.2) is 44.5 Å². The quantitative estimate of drug-likeness (QED) is 0.789. The summed E-state index contributed by atoms with van der Waals surface area (Å²) in [6.07, 6.45) is 1.51. The predicted molar refractivity (Wildman–Crippen MR) is 79.0 cm³/mol. The van der Waals surface area contributed by atoms with Crippen LogP contribution in [0.3, 0.4) is 0 Å². The van der Waals surface area contributed by atoms with Crippen molar-refractivity contribution in [3.63, 3.8) is 0 Å². The predicted octanol–water partition coefficient (Wildman–Crippen LogP) is 1.41. The lowest BCUT2D eigenvalue weighted by Gasteiger charge is -2.19. The number of nitrogens with zero attached hydrogens (tertiary/aromatic N) is 1. The van der Waals surface area contributed by atoms with Crippen LogP contribution >= 0.6 is 0 Å². The van der Waals surface area contributed by atoms with Gasteiger partial charge in [-0.25, -0.2) is 8.42 Å². The molecule has 0 unspecified atom stereocenters. The first-order chi connectivity index (χ1) is 9.50. The molecule has 0 aliphatic carbocycles. The van der Waals surface area contributed by atoms with Gasteiger partial charge in [-0.1, -0.05) is 6.92 Å². The van der Waals surface area contributed by atoms with E-state index in [2.05, 4.69) is 4.98 Å². The van der Waals surface area contributed by atoms with Gasteiger partial charge in [-0.3, -0.25) is 0 Å². The van der Waals surface area contributed by atoms with Crippen LogP contribution in [0.1, 0.15) is 6.92 Å². The first kappa shape index (κ1) is 14.8. The Morgan fingerprint density at radius 1 is 1.40 bits per heavy atom. The largest absolute Gasteiger partial charge is 0.399 e. The van der Waals surface area contributed by atoms with Crippen molar-refractivity contribution in [2.75, 3.05) is 32.5 Å². The summed E-state index contributed by atoms with van der Waals surface area (Å²) in [7, 11) is -2.01. The third kappa shape index (κ3) is 2.65. The highest BCUT2D eigenvalue weighted by Crippen LogP contribution is 2.27. The van der Waals surface area contributed by atoms with Gasteiger partial charge in [-0.05, 0) is 18.2 Å². The highest BCUT2D eigenvalue weighted by atomic mass is 32.2. The summed E-state index contributed by atoms with van der Waals surface area (Å²) in [5.41, 5.74) is 7.03. The van der Waals surface area contributed by atoms with Gasteiger partial charge < -0.3 is 15.5 Å². The molecule has 0 amide bonds. The summed E-state index contributed by atoms with van der Waals surface area (Å²) < 4.78 is 31.7. The van der Waals surface area contributed by atoms with Crippen LogP contribution in [0, 0.1) is 0 Å². The molecule has 0 bridgehead atoms. The first-order valence-corrected chi connectivity index (χ1v) is 7.80. The maximum atomic E-state index is 12.7. The number of hydrogen-bond acceptors (Lipinski definition) is 4. The van der Waals surface area contributed by atoms with Crippen molar-refractivity contribution in [2.24, 2.45) is 0 Å². The van der Waals surface area contributed by atoms with Gasteiger partial charge in [0.25, 0.3) is 0 Å². The van der Waals surface area contributed by atoms with E-state index in [1.54, 1.807) is 32.2 Å². The van der Waals surface area contributed by atoms with Crippen molar-refractivity contribution in [1.82, 2.24) is 9.29 Å². The molecule has 110 valence electrons. The molecule has 7 heteroatoms. The topological polar surface area (TPSA) is 88.4 Å². The van der Waals surface area contributed by atoms with E-state index in [-0.39, 0.29) is 4.90 Å². The van der Waals surface area contributed by atoms with E-state index in [4.69, 9.17) is 10.5 Å². The minimum atomic E-state index is -3.56. The number of H-pyrrole nitrogens is 1. The lowest BCUT2D eigenvalue weighted by atomic mass is 10.2. The van der Waals surface area contributed by atoms with Gasteiger partial charge in [0.15, 0.2) is 0 Å². The van der Waals surface area contributed by atoms with Crippen molar-refractivity contribution in [3.8, 4) is 0 Å². The summed E-state index contributed by atoms with van der Waals surface area (Å²) >= 11 is 0. The second kappa shape index (κ2) is 5.82. The molecule has 0 atom stereocenters. The maximum absolute atomic E-state index is 12.7. The number of benzene rings is 1. The summed E-state index contributed by atoms with van der Waals surface area (Å²) in [6, 6.07) is 5.18. The molecule has 20 heavy (non-hydrogen) atoms. The number of nitrogens with two attached hydrogens (primary N) is 1. The summed E-state index contributed by atoms with van der Waals surface area (Å²) in [6.45, 7) is 2.87. The normalized spacial score (nSPS) is 12.3. The molecule has 1 heterocycles. The van der Waals surface area contributed by atoms with E-state index in [0.717, 1.165) is 5.52 Å². The van der Waals surface area contributed by atoms with Gasteiger partial charge in [0.1, 0.15) is 4.90 Å². The number of methoxy groups -OCH3 is 1. The second-order valence-corrected chi connectivity index (χ2v) is 6.35. The summed E-state index contributed by atoms with van der Waals surface area (Å²) in [5, 5.41) is 0.612. The molecule has 1 aromatic heterocycles. The van der Waals surface area contributed by atoms with Gasteiger partial charge in [-0.15, -0.1) is 0 Å². The average molecular weight is 297 g/mol. The highest BCUT2D eigenvalue weighted by Gasteiger charge is 2.25. The number of ether oxygens (including phenoxy) is 1. The molecule has 2 rings (SSSR count). The minimum absolute atomic E-state index is 0.248. The van der Waals surface area contributed by atoms with E-state index in [9.17, 15) is 8.42 Å². The monoisotopic (exact) mass is 297 g/mol. The molecule has 6 nitrogen and oxygen atoms in total. The third-order valence-corrected chi connectivity index (χ3v) is 5.20. The Hall–Kier alpha value is -1.57. The van der Waals surface area contributed by atoms with E-state index in [1.165, 1.54) is 10.5 Å². The Morgan fingerprint density at radius 3 is 2.80 bits per heavy atom. The van der Waals surface area contributed by atoms with E-state index in [1.807, 2.05) is 0 Å². The summed E-state index contributed by atoms with van der Waals surface area (Å²) in [4.78, 5) is 3.21. The molecule has 0 radical (unpaired) electrons. The number of nitrogen functional groups attached to an aromatic ring is 1. The maximum Gasteiger partial charge on any atom is 0.245 e. The molecule has 0 saturated carbocycles. The van der Waals surface area contributed by atoms with Crippen LogP contribution in [0.5, 0.6) is 0 Å². The fraction of sp³-hybridized carbons (Fsp3) is 0.385. The molecule has 0 spiro atoms. The Morgan fingerprint density at radius 2 is 2.15 bits per heavy atom. The number of sulfonamides is 1. The van der Waals surface area contributed by atoms with Gasteiger partial charge in [0.2, 0.25) is 10.0 Å². The van der Waals surface area contributed by atoms with Gasteiger partial charge in [0.05, 0.1) is 6.61 Å². The van der Waals surface area contributed by atoms with Gasteiger partial charge in [0, 0.05) is 43.0 Å². The van der Waals surface area contributed by atoms with Crippen LogP contribution in [-0.2, 0) is 14.8 Å². The molecule has 2 aromatic rings. The Bertz CT molecular complexity index is 694. The van der Waals surface area contributed by atoms with Crippen molar-refractivity contribution < 1.29 is 13.2 Å². The highest BCUT2D eigenvalue weighted by molar-refractivity contribution is 7.89. The second-order valence-electron chi connectivity index (χ2n) is 4.45. The van der Waals surface area contributed by atoms with Crippen LogP contribution in [0.15, 0.2) is 29.3 Å². The summed E-state index contributed by atoms with van der Waals surface area (Å²) in [5.74, 6) is 0. The Kier molecular flexibility index (Phi) is 4.32. The third-order valence-electron chi connectivity index (χ3n) is 3.18. The Labute approximate surface area is 118 Å². The SMILES string of the molecule is CCN(CCOC)S(=O)(=O)c1c[nH]c2ccc(N)cc12. The zero-order valence-electron chi connectivity index (χ0n) is 11.6. The smallest absolute Gasteiger partial charge is 0.245 e. The minimum Gasteiger partial charge on any atom is -0.399 e. The number of anilines is 1. The number of nitrogens with one attached hydrogen (secondary N) is 1. The fourth-order valence-corrected chi connectivity index (χ4v) is 3.69. The fourth-order valence-electron chi connectivity index (χ4n) is 2.11. The molecular weight excluding hydrogens is 278 g/mol. The zero-order valence-corrected chi connectivity index (χ0v) is 12.4. The number of rotatable bonds is 6. The van der Waals surface area contributed by atoms with Gasteiger partial charge >= 0.3 is 0 Å². The molecule has 0 fully saturated rings. The van der Waals surface area contributed by atoms with E-state index >= 15 is 0 Å². The molecule has 0 saturated heterocycles. The van der Waals surface area contributed by atoms with Crippen LogP contribution in [0.2, 0.25) is 0 Å². The lowest BCUT2D eigenvalue weighted by Crippen LogP contribution is -2.33. The number of aromatic nitrogens is 1. The van der Waals surface area contributed by atoms with Crippen molar-refractivity contribution >= 4 is 26.6 Å². The van der Waals surface area contributed by atoms with Crippen LogP contribution in [0.4, 0.5) is 5.69 Å². The van der Waals surface area contributed by atoms with Crippen LogP contribution < -0.4 is 5.73 Å². The Balaban J connectivity index is 2.47. The zero-order chi connectivity index (χ0) is 14.8. The van der Waals surface area contributed by atoms with Gasteiger partial charge in [-0.2, -0.15) is 4.31 Å². The first-order valence-electron chi connectivity index (χ1n) is 6.36. The lowest BCUT2D eigenvalue weighted by molar-refractivity contribution is 0.180. The molecule has 0 aliphatic rings. The number of aromatic amines is 1. The molecule has 1 aromatic carbocycles. The number of fused-ring (bicyclic) bond motifs is 1. The van der Waals surface area contributed by atoms with E-state index < -0.39 is 10.0 Å².